The predicted octanol–water partition coefficient (Wildman–Crippen LogP) is 2.16. The first-order valence-electron chi connectivity index (χ1n) is 4.33. The Hall–Kier alpha value is -1.36. The Kier molecular flexibility index (Phi) is 2.48. The summed E-state index contributed by atoms with van der Waals surface area (Å²) in [5, 5.41) is 0. The molecule has 2 heterocycles. The van der Waals surface area contributed by atoms with Crippen LogP contribution in [0.1, 0.15) is 10.4 Å². The fourth-order valence-corrected chi connectivity index (χ4v) is 1.98. The molecule has 15 heavy (non-hydrogen) atoms. The highest BCUT2D eigenvalue weighted by Crippen LogP contribution is 2.28. The number of fused-ring (bicyclic) bond motifs is 1. The zero-order valence-electron chi connectivity index (χ0n) is 8.32. The molecule has 0 bridgehead atoms. The molecule has 0 N–H and O–H groups in total. The SMILES string of the molecule is COc1ccc2c(n1)c(C=O)c(Br)n2C. The number of aryl methyl sites for hydroxylation is 1. The van der Waals surface area contributed by atoms with Crippen LogP contribution in [0, 0.1) is 0 Å². The zero-order chi connectivity index (χ0) is 11.0. The van der Waals surface area contributed by atoms with Crippen LogP contribution in [0.5, 0.6) is 5.88 Å². The van der Waals surface area contributed by atoms with Gasteiger partial charge in [0.2, 0.25) is 5.88 Å². The van der Waals surface area contributed by atoms with Gasteiger partial charge in [-0.25, -0.2) is 4.98 Å². The molecule has 2 aromatic rings. The third-order valence-electron chi connectivity index (χ3n) is 2.31. The van der Waals surface area contributed by atoms with Gasteiger partial charge in [-0.05, 0) is 22.0 Å². The van der Waals surface area contributed by atoms with E-state index in [4.69, 9.17) is 4.74 Å². The summed E-state index contributed by atoms with van der Waals surface area (Å²) in [6.07, 6.45) is 0.791. The van der Waals surface area contributed by atoms with Gasteiger partial charge in [-0.3, -0.25) is 4.79 Å². The summed E-state index contributed by atoms with van der Waals surface area (Å²) in [4.78, 5) is 15.2. The smallest absolute Gasteiger partial charge is 0.213 e. The second-order valence-corrected chi connectivity index (χ2v) is 3.85. The van der Waals surface area contributed by atoms with Gasteiger partial charge < -0.3 is 9.30 Å². The lowest BCUT2D eigenvalue weighted by molar-refractivity contribution is 0.112. The van der Waals surface area contributed by atoms with Gasteiger partial charge >= 0.3 is 0 Å². The van der Waals surface area contributed by atoms with Crippen LogP contribution in [0.2, 0.25) is 0 Å². The lowest BCUT2D eigenvalue weighted by Crippen LogP contribution is -1.89. The zero-order valence-corrected chi connectivity index (χ0v) is 9.91. The lowest BCUT2D eigenvalue weighted by atomic mass is 10.3. The highest BCUT2D eigenvalue weighted by Gasteiger charge is 2.14. The summed E-state index contributed by atoms with van der Waals surface area (Å²) in [7, 11) is 3.42. The number of halogens is 1. The highest BCUT2D eigenvalue weighted by atomic mass is 79.9. The Morgan fingerprint density at radius 3 is 2.87 bits per heavy atom. The highest BCUT2D eigenvalue weighted by molar-refractivity contribution is 9.10. The minimum absolute atomic E-state index is 0.503. The molecule has 0 spiro atoms. The number of carbonyl (C=O) groups is 1. The molecule has 0 amide bonds. The van der Waals surface area contributed by atoms with Gasteiger partial charge in [0.15, 0.2) is 6.29 Å². The molecule has 0 aromatic carbocycles. The number of nitrogens with zero attached hydrogens (tertiary/aromatic N) is 2. The maximum Gasteiger partial charge on any atom is 0.213 e. The Balaban J connectivity index is 2.85. The molecule has 2 aromatic heterocycles. The largest absolute Gasteiger partial charge is 0.481 e. The first-order valence-corrected chi connectivity index (χ1v) is 5.12. The molecule has 0 atom stereocenters. The number of aromatic nitrogens is 2. The molecule has 0 saturated heterocycles. The van der Waals surface area contributed by atoms with Gasteiger partial charge in [-0.15, -0.1) is 0 Å². The van der Waals surface area contributed by atoms with Crippen molar-refractivity contribution in [3.8, 4) is 5.88 Å². The van der Waals surface area contributed by atoms with Gasteiger partial charge in [0.05, 0.1) is 22.8 Å². The molecule has 78 valence electrons. The Morgan fingerprint density at radius 1 is 1.53 bits per heavy atom. The van der Waals surface area contributed by atoms with E-state index in [2.05, 4.69) is 20.9 Å². The van der Waals surface area contributed by atoms with Crippen LogP contribution >= 0.6 is 15.9 Å². The van der Waals surface area contributed by atoms with Gasteiger partial charge in [0, 0.05) is 13.1 Å². The van der Waals surface area contributed by atoms with Crippen molar-refractivity contribution >= 4 is 33.2 Å². The average molecular weight is 269 g/mol. The lowest BCUT2D eigenvalue weighted by Gasteiger charge is -1.99. The molecule has 0 aliphatic heterocycles. The van der Waals surface area contributed by atoms with Gasteiger partial charge in [0.1, 0.15) is 5.52 Å². The monoisotopic (exact) mass is 268 g/mol. The fourth-order valence-electron chi connectivity index (χ4n) is 1.51. The van der Waals surface area contributed by atoms with Crippen molar-refractivity contribution in [3.05, 3.63) is 22.3 Å². The normalized spacial score (nSPS) is 10.6. The molecule has 5 heteroatoms. The van der Waals surface area contributed by atoms with Crippen molar-refractivity contribution in [2.24, 2.45) is 7.05 Å². The van der Waals surface area contributed by atoms with Gasteiger partial charge in [-0.1, -0.05) is 0 Å². The Bertz CT molecular complexity index is 534. The first kappa shape index (κ1) is 10.2. The summed E-state index contributed by atoms with van der Waals surface area (Å²) in [5.74, 6) is 0.503. The van der Waals surface area contributed by atoms with E-state index in [-0.39, 0.29) is 0 Å². The minimum atomic E-state index is 0.503. The van der Waals surface area contributed by atoms with E-state index < -0.39 is 0 Å². The number of pyridine rings is 1. The van der Waals surface area contributed by atoms with Crippen molar-refractivity contribution in [1.82, 2.24) is 9.55 Å². The van der Waals surface area contributed by atoms with Crippen LogP contribution < -0.4 is 4.74 Å². The number of carbonyl (C=O) groups excluding carboxylic acids is 1. The number of ether oxygens (including phenoxy) is 1. The molecule has 0 saturated carbocycles. The molecule has 2 rings (SSSR count). The Morgan fingerprint density at radius 2 is 2.27 bits per heavy atom. The van der Waals surface area contributed by atoms with Crippen molar-refractivity contribution in [3.63, 3.8) is 0 Å². The van der Waals surface area contributed by atoms with Crippen molar-refractivity contribution < 1.29 is 9.53 Å². The van der Waals surface area contributed by atoms with Crippen LogP contribution in [-0.2, 0) is 7.05 Å². The molecular formula is C10H9BrN2O2. The minimum Gasteiger partial charge on any atom is -0.481 e. The van der Waals surface area contributed by atoms with Crippen LogP contribution in [0.15, 0.2) is 16.7 Å². The van der Waals surface area contributed by atoms with E-state index in [9.17, 15) is 4.79 Å². The molecule has 0 aliphatic rings. The third kappa shape index (κ3) is 1.43. The van der Waals surface area contributed by atoms with E-state index in [1.54, 1.807) is 13.2 Å². The van der Waals surface area contributed by atoms with Crippen molar-refractivity contribution in [1.29, 1.82) is 0 Å². The molecule has 0 unspecified atom stereocenters. The van der Waals surface area contributed by atoms with E-state index in [1.807, 2.05) is 17.7 Å². The first-order chi connectivity index (χ1) is 7.19. The van der Waals surface area contributed by atoms with Gasteiger partial charge in [0.25, 0.3) is 0 Å². The Labute approximate surface area is 95.0 Å². The summed E-state index contributed by atoms with van der Waals surface area (Å²) < 4.78 is 7.62. The van der Waals surface area contributed by atoms with Gasteiger partial charge in [-0.2, -0.15) is 0 Å². The average Bonchev–Trinajstić information content (AvgIpc) is 2.51. The maximum atomic E-state index is 10.9. The van der Waals surface area contributed by atoms with Crippen molar-refractivity contribution in [2.75, 3.05) is 7.11 Å². The number of hydrogen-bond acceptors (Lipinski definition) is 3. The van der Waals surface area contributed by atoms with Crippen LogP contribution in [0.3, 0.4) is 0 Å². The molecule has 4 nitrogen and oxygen atoms in total. The van der Waals surface area contributed by atoms with Crippen LogP contribution in [0.25, 0.3) is 11.0 Å². The molecule has 0 fully saturated rings. The summed E-state index contributed by atoms with van der Waals surface area (Å²) in [6, 6.07) is 3.64. The standard InChI is InChI=1S/C10H9BrN2O2/c1-13-7-3-4-8(15-2)12-9(7)6(5-14)10(13)11/h3-5H,1-2H3. The maximum absolute atomic E-state index is 10.9. The number of methoxy groups -OCH3 is 1. The topological polar surface area (TPSA) is 44.1 Å². The quantitative estimate of drug-likeness (QED) is 0.785. The second-order valence-electron chi connectivity index (χ2n) is 3.10. The van der Waals surface area contributed by atoms with Crippen molar-refractivity contribution in [2.45, 2.75) is 0 Å². The summed E-state index contributed by atoms with van der Waals surface area (Å²) >= 11 is 3.35. The molecule has 0 aliphatic carbocycles. The van der Waals surface area contributed by atoms with E-state index in [0.717, 1.165) is 16.4 Å². The number of rotatable bonds is 2. The van der Waals surface area contributed by atoms with E-state index in [1.165, 1.54) is 0 Å². The molecule has 0 radical (unpaired) electrons. The fraction of sp³-hybridized carbons (Fsp3) is 0.200. The third-order valence-corrected chi connectivity index (χ3v) is 3.27. The molecular weight excluding hydrogens is 260 g/mol. The van der Waals surface area contributed by atoms with Crippen LogP contribution in [-0.4, -0.2) is 22.9 Å². The summed E-state index contributed by atoms with van der Waals surface area (Å²) in [5.41, 5.74) is 2.09. The van der Waals surface area contributed by atoms with E-state index >= 15 is 0 Å². The second kappa shape index (κ2) is 3.66. The summed E-state index contributed by atoms with van der Waals surface area (Å²) in [6.45, 7) is 0. The number of aldehydes is 1. The van der Waals surface area contributed by atoms with E-state index in [0.29, 0.717) is 17.0 Å². The number of hydrogen-bond donors (Lipinski definition) is 0. The predicted molar refractivity (Wildman–Crippen MR) is 60.4 cm³/mol. The van der Waals surface area contributed by atoms with Crippen LogP contribution in [0.4, 0.5) is 0 Å².